The molecule has 0 aliphatic carbocycles. The van der Waals surface area contributed by atoms with Gasteiger partial charge < -0.3 is 5.32 Å². The van der Waals surface area contributed by atoms with E-state index in [0.717, 1.165) is 24.1 Å². The Bertz CT molecular complexity index is 925. The van der Waals surface area contributed by atoms with Crippen LogP contribution < -0.4 is 5.32 Å². The van der Waals surface area contributed by atoms with Crippen molar-refractivity contribution in [2.45, 2.75) is 46.6 Å². The second-order valence-electron chi connectivity index (χ2n) is 7.86. The first-order valence-electron chi connectivity index (χ1n) is 9.95. The largest absolute Gasteiger partial charge is 0.348 e. The van der Waals surface area contributed by atoms with Crippen LogP contribution >= 0.6 is 0 Å². The van der Waals surface area contributed by atoms with Crippen molar-refractivity contribution in [3.63, 3.8) is 0 Å². The zero-order chi connectivity index (χ0) is 20.1. The smallest absolute Gasteiger partial charge is 0.270 e. The number of carbonyl (C=O) groups excluding carboxylic acids is 1. The first-order valence-corrected chi connectivity index (χ1v) is 9.95. The number of amides is 1. The lowest BCUT2D eigenvalue weighted by molar-refractivity contribution is 0.0930. The van der Waals surface area contributed by atoms with Crippen LogP contribution in [0.4, 0.5) is 0 Å². The molecular weight excluding hydrogens is 346 g/mol. The molecule has 1 aromatic heterocycles. The van der Waals surface area contributed by atoms with Crippen molar-refractivity contribution < 1.29 is 4.79 Å². The fraction of sp³-hybridized carbons (Fsp3) is 0.333. The predicted octanol–water partition coefficient (Wildman–Crippen LogP) is 5.40. The van der Waals surface area contributed by atoms with Gasteiger partial charge >= 0.3 is 0 Å². The SMILES string of the molecule is Cc1ccccc1-c1ccc(-n2cncc2C(=O)N[C@H](C)CCC(C)C)cc1. The Kier molecular flexibility index (Phi) is 6.30. The summed E-state index contributed by atoms with van der Waals surface area (Å²) in [5, 5.41) is 3.09. The minimum atomic E-state index is -0.0864. The van der Waals surface area contributed by atoms with Gasteiger partial charge in [0.05, 0.1) is 12.5 Å². The van der Waals surface area contributed by atoms with E-state index in [0.29, 0.717) is 11.6 Å². The number of hydrogen-bond donors (Lipinski definition) is 1. The summed E-state index contributed by atoms with van der Waals surface area (Å²) < 4.78 is 1.84. The molecule has 0 saturated carbocycles. The topological polar surface area (TPSA) is 46.9 Å². The van der Waals surface area contributed by atoms with Gasteiger partial charge in [-0.1, -0.05) is 50.2 Å². The zero-order valence-corrected chi connectivity index (χ0v) is 17.1. The first kappa shape index (κ1) is 19.9. The molecule has 2 aromatic carbocycles. The zero-order valence-electron chi connectivity index (χ0n) is 17.1. The molecule has 0 saturated heterocycles. The molecule has 1 atom stereocenters. The summed E-state index contributed by atoms with van der Waals surface area (Å²) in [6.07, 6.45) is 5.39. The minimum absolute atomic E-state index is 0.0864. The van der Waals surface area contributed by atoms with Crippen molar-refractivity contribution in [3.05, 3.63) is 72.3 Å². The summed E-state index contributed by atoms with van der Waals surface area (Å²) in [6, 6.07) is 16.7. The van der Waals surface area contributed by atoms with E-state index >= 15 is 0 Å². The monoisotopic (exact) mass is 375 g/mol. The summed E-state index contributed by atoms with van der Waals surface area (Å²) in [7, 11) is 0. The van der Waals surface area contributed by atoms with Gasteiger partial charge in [0.1, 0.15) is 5.69 Å². The van der Waals surface area contributed by atoms with E-state index < -0.39 is 0 Å². The molecule has 0 bridgehead atoms. The van der Waals surface area contributed by atoms with E-state index in [-0.39, 0.29) is 11.9 Å². The molecule has 1 heterocycles. The van der Waals surface area contributed by atoms with Crippen molar-refractivity contribution in [1.29, 1.82) is 0 Å². The second kappa shape index (κ2) is 8.87. The van der Waals surface area contributed by atoms with Crippen molar-refractivity contribution in [2.75, 3.05) is 0 Å². The van der Waals surface area contributed by atoms with E-state index in [1.165, 1.54) is 11.1 Å². The lowest BCUT2D eigenvalue weighted by Gasteiger charge is -2.16. The Morgan fingerprint density at radius 1 is 1.04 bits per heavy atom. The highest BCUT2D eigenvalue weighted by atomic mass is 16.2. The van der Waals surface area contributed by atoms with E-state index in [1.54, 1.807) is 12.5 Å². The van der Waals surface area contributed by atoms with Crippen molar-refractivity contribution >= 4 is 5.91 Å². The lowest BCUT2D eigenvalue weighted by Crippen LogP contribution is -2.33. The van der Waals surface area contributed by atoms with E-state index in [9.17, 15) is 4.79 Å². The van der Waals surface area contributed by atoms with Gasteiger partial charge in [0.2, 0.25) is 0 Å². The second-order valence-corrected chi connectivity index (χ2v) is 7.86. The summed E-state index contributed by atoms with van der Waals surface area (Å²) in [5.41, 5.74) is 5.11. The highest BCUT2D eigenvalue weighted by Crippen LogP contribution is 2.24. The summed E-state index contributed by atoms with van der Waals surface area (Å²) in [5.74, 6) is 0.549. The number of nitrogens with one attached hydrogen (secondary N) is 1. The van der Waals surface area contributed by atoms with Crippen molar-refractivity contribution in [3.8, 4) is 16.8 Å². The third-order valence-corrected chi connectivity index (χ3v) is 5.03. The van der Waals surface area contributed by atoms with Crippen LogP contribution in [0.2, 0.25) is 0 Å². The Hall–Kier alpha value is -2.88. The molecular formula is C24H29N3O. The molecule has 0 radical (unpaired) electrons. The molecule has 1 N–H and O–H groups in total. The van der Waals surface area contributed by atoms with Crippen molar-refractivity contribution in [2.24, 2.45) is 5.92 Å². The first-order chi connectivity index (χ1) is 13.5. The Morgan fingerprint density at radius 2 is 1.75 bits per heavy atom. The van der Waals surface area contributed by atoms with Crippen LogP contribution in [0.5, 0.6) is 0 Å². The van der Waals surface area contributed by atoms with Gasteiger partial charge in [-0.2, -0.15) is 0 Å². The molecule has 4 heteroatoms. The molecule has 1 amide bonds. The number of imidazole rings is 1. The number of aryl methyl sites for hydroxylation is 1. The van der Waals surface area contributed by atoms with E-state index in [1.807, 2.05) is 22.8 Å². The standard InChI is InChI=1S/C24H29N3O/c1-17(2)9-10-19(4)26-24(28)23-15-25-16-27(23)21-13-11-20(12-14-21)22-8-6-5-7-18(22)3/h5-8,11-17,19H,9-10H2,1-4H3,(H,26,28)/t19-/m1/s1. The average Bonchev–Trinajstić information content (AvgIpc) is 3.17. The third-order valence-electron chi connectivity index (χ3n) is 5.03. The van der Waals surface area contributed by atoms with Crippen LogP contribution in [0.15, 0.2) is 61.1 Å². The average molecular weight is 376 g/mol. The molecule has 3 rings (SSSR count). The van der Waals surface area contributed by atoms with Gasteiger partial charge in [0, 0.05) is 11.7 Å². The van der Waals surface area contributed by atoms with Gasteiger partial charge in [-0.3, -0.25) is 9.36 Å². The van der Waals surface area contributed by atoms with Gasteiger partial charge in [-0.25, -0.2) is 4.98 Å². The highest BCUT2D eigenvalue weighted by molar-refractivity contribution is 5.93. The summed E-state index contributed by atoms with van der Waals surface area (Å²) in [6.45, 7) is 8.56. The molecule has 0 spiro atoms. The highest BCUT2D eigenvalue weighted by Gasteiger charge is 2.15. The normalized spacial score (nSPS) is 12.2. The van der Waals surface area contributed by atoms with Gasteiger partial charge in [0.25, 0.3) is 5.91 Å². The fourth-order valence-corrected chi connectivity index (χ4v) is 3.32. The quantitative estimate of drug-likeness (QED) is 0.601. The Morgan fingerprint density at radius 3 is 2.43 bits per heavy atom. The Balaban J connectivity index is 1.76. The van der Waals surface area contributed by atoms with Crippen LogP contribution in [-0.4, -0.2) is 21.5 Å². The number of carbonyl (C=O) groups is 1. The number of hydrogen-bond acceptors (Lipinski definition) is 2. The van der Waals surface area contributed by atoms with Gasteiger partial charge in [0.15, 0.2) is 0 Å². The maximum absolute atomic E-state index is 12.7. The van der Waals surface area contributed by atoms with Gasteiger partial charge in [-0.15, -0.1) is 0 Å². The number of rotatable bonds is 7. The van der Waals surface area contributed by atoms with Gasteiger partial charge in [-0.05, 0) is 61.4 Å². The maximum atomic E-state index is 12.7. The number of aromatic nitrogens is 2. The number of benzene rings is 2. The van der Waals surface area contributed by atoms with Crippen LogP contribution in [0, 0.1) is 12.8 Å². The predicted molar refractivity (Wildman–Crippen MR) is 115 cm³/mol. The van der Waals surface area contributed by atoms with Crippen molar-refractivity contribution in [1.82, 2.24) is 14.9 Å². The van der Waals surface area contributed by atoms with E-state index in [2.05, 4.69) is 68.3 Å². The van der Waals surface area contributed by atoms with Crippen LogP contribution in [0.3, 0.4) is 0 Å². The summed E-state index contributed by atoms with van der Waals surface area (Å²) in [4.78, 5) is 16.9. The molecule has 0 fully saturated rings. The third kappa shape index (κ3) is 4.69. The molecule has 28 heavy (non-hydrogen) atoms. The molecule has 3 aromatic rings. The number of nitrogens with zero attached hydrogens (tertiary/aromatic N) is 2. The van der Waals surface area contributed by atoms with Crippen LogP contribution in [-0.2, 0) is 0 Å². The maximum Gasteiger partial charge on any atom is 0.270 e. The summed E-state index contributed by atoms with van der Waals surface area (Å²) >= 11 is 0. The lowest BCUT2D eigenvalue weighted by atomic mass is 10.0. The fourth-order valence-electron chi connectivity index (χ4n) is 3.32. The minimum Gasteiger partial charge on any atom is -0.348 e. The molecule has 0 aliphatic heterocycles. The van der Waals surface area contributed by atoms with E-state index in [4.69, 9.17) is 0 Å². The Labute approximate surface area is 167 Å². The van der Waals surface area contributed by atoms with Crippen LogP contribution in [0.1, 0.15) is 49.7 Å². The molecule has 0 aliphatic rings. The molecule has 4 nitrogen and oxygen atoms in total. The molecule has 0 unspecified atom stereocenters. The molecule has 146 valence electrons. The van der Waals surface area contributed by atoms with Crippen LogP contribution in [0.25, 0.3) is 16.8 Å².